The van der Waals surface area contributed by atoms with Crippen LogP contribution in [0.2, 0.25) is 0 Å². The van der Waals surface area contributed by atoms with Crippen molar-refractivity contribution in [3.05, 3.63) is 0 Å². The number of nitrogens with zero attached hydrogens (tertiary/aromatic N) is 1. The van der Waals surface area contributed by atoms with Gasteiger partial charge in [-0.05, 0) is 18.6 Å². The Labute approximate surface area is 123 Å². The van der Waals surface area contributed by atoms with Crippen molar-refractivity contribution in [1.82, 2.24) is 5.32 Å². The van der Waals surface area contributed by atoms with E-state index >= 15 is 0 Å². The lowest BCUT2D eigenvalue weighted by Gasteiger charge is -2.37. The van der Waals surface area contributed by atoms with Crippen molar-refractivity contribution in [2.24, 2.45) is 10.9 Å². The van der Waals surface area contributed by atoms with Gasteiger partial charge in [0.1, 0.15) is 18.3 Å². The molecule has 20 heavy (non-hydrogen) atoms. The number of aliphatic imine (C=N–C) groups is 1. The van der Waals surface area contributed by atoms with Gasteiger partial charge in [0, 0.05) is 6.54 Å². The molecule has 0 aromatic rings. The Morgan fingerprint density at radius 1 is 1.35 bits per heavy atom. The highest BCUT2D eigenvalue weighted by molar-refractivity contribution is 8.13. The Bertz CT molecular complexity index is 338. The molecule has 1 aliphatic carbocycles. The van der Waals surface area contributed by atoms with E-state index in [-0.39, 0.29) is 13.2 Å². The number of aliphatic hydroxyl groups excluding tert-OH is 3. The molecule has 0 amide bonds. The van der Waals surface area contributed by atoms with Crippen LogP contribution in [-0.2, 0) is 4.74 Å². The smallest absolute Gasteiger partial charge is 0.156 e. The van der Waals surface area contributed by atoms with Gasteiger partial charge in [-0.2, -0.15) is 0 Å². The molecule has 0 aromatic heterocycles. The van der Waals surface area contributed by atoms with Gasteiger partial charge in [-0.3, -0.25) is 4.99 Å². The summed E-state index contributed by atoms with van der Waals surface area (Å²) in [4.78, 5) is 4.49. The van der Waals surface area contributed by atoms with Crippen LogP contribution in [0, 0.1) is 5.92 Å². The minimum atomic E-state index is -1.08. The third kappa shape index (κ3) is 4.33. The maximum Gasteiger partial charge on any atom is 0.156 e. The summed E-state index contributed by atoms with van der Waals surface area (Å²) in [5.41, 5.74) is 0. The minimum absolute atomic E-state index is 0.242. The number of amidine groups is 1. The minimum Gasteiger partial charge on any atom is -0.394 e. The fourth-order valence-corrected chi connectivity index (χ4v) is 2.74. The van der Waals surface area contributed by atoms with E-state index in [2.05, 4.69) is 10.3 Å². The molecule has 2 fully saturated rings. The number of ether oxygens (including phenoxy) is 1. The predicted octanol–water partition coefficient (Wildman–Crippen LogP) is -0.423. The summed E-state index contributed by atoms with van der Waals surface area (Å²) < 4.78 is 5.33. The van der Waals surface area contributed by atoms with Crippen LogP contribution in [0.5, 0.6) is 0 Å². The van der Waals surface area contributed by atoms with Gasteiger partial charge in [-0.25, -0.2) is 0 Å². The summed E-state index contributed by atoms with van der Waals surface area (Å²) in [6, 6.07) is -0.403. The molecule has 4 atom stereocenters. The molecule has 1 aliphatic heterocycles. The Hall–Kier alpha value is -0.340. The van der Waals surface area contributed by atoms with Crippen molar-refractivity contribution in [2.75, 3.05) is 26.0 Å². The van der Waals surface area contributed by atoms with Gasteiger partial charge >= 0.3 is 0 Å². The summed E-state index contributed by atoms with van der Waals surface area (Å²) in [7, 11) is 0. The van der Waals surface area contributed by atoms with Crippen LogP contribution in [-0.4, -0.2) is 70.9 Å². The number of nitrogens with one attached hydrogen (secondary N) is 1. The molecule has 6 nitrogen and oxygen atoms in total. The Kier molecular flexibility index (Phi) is 6.10. The summed E-state index contributed by atoms with van der Waals surface area (Å²) in [5, 5.41) is 32.8. The second-order valence-corrected chi connectivity index (χ2v) is 6.20. The van der Waals surface area contributed by atoms with Gasteiger partial charge in [0.05, 0.1) is 19.3 Å². The fourth-order valence-electron chi connectivity index (χ4n) is 2.25. The molecule has 4 unspecified atom stereocenters. The molecule has 0 aromatic carbocycles. The summed E-state index contributed by atoms with van der Waals surface area (Å²) in [6.07, 6.45) is 2.91. The van der Waals surface area contributed by atoms with Gasteiger partial charge in [0.15, 0.2) is 5.17 Å². The highest BCUT2D eigenvalue weighted by Gasteiger charge is 2.38. The van der Waals surface area contributed by atoms with Crippen molar-refractivity contribution >= 4 is 16.9 Å². The molecule has 0 radical (unpaired) electrons. The van der Waals surface area contributed by atoms with Gasteiger partial charge < -0.3 is 25.4 Å². The molecule has 4 N–H and O–H groups in total. The van der Waals surface area contributed by atoms with E-state index in [9.17, 15) is 10.2 Å². The van der Waals surface area contributed by atoms with Crippen LogP contribution in [0.15, 0.2) is 4.99 Å². The number of thioether (sulfide) groups is 1. The number of hydrogen-bond acceptors (Lipinski definition) is 6. The van der Waals surface area contributed by atoms with Gasteiger partial charge in [0.25, 0.3) is 0 Å². The zero-order chi connectivity index (χ0) is 14.5. The maximum absolute atomic E-state index is 10.0. The standard InChI is InChI=1S/C13H24N2O4S/c1-20-13(14-5-4-8-2-3-8)15-9-7-19-10(6-16)12(18)11(9)17/h8-12,16-18H,2-7H2,1H3,(H,14,15). The van der Waals surface area contributed by atoms with Crippen LogP contribution in [0.3, 0.4) is 0 Å². The SMILES string of the molecule is CSC(=NCCC1CC1)NC1COC(CO)C(O)C1O. The van der Waals surface area contributed by atoms with E-state index in [1.165, 1.54) is 24.6 Å². The quantitative estimate of drug-likeness (QED) is 0.407. The number of aliphatic hydroxyl groups is 3. The normalized spacial score (nSPS) is 35.1. The van der Waals surface area contributed by atoms with Crippen molar-refractivity contribution in [3.63, 3.8) is 0 Å². The van der Waals surface area contributed by atoms with E-state index in [0.29, 0.717) is 0 Å². The second kappa shape index (κ2) is 7.61. The fraction of sp³-hybridized carbons (Fsp3) is 0.923. The monoisotopic (exact) mass is 304 g/mol. The Morgan fingerprint density at radius 3 is 2.70 bits per heavy atom. The van der Waals surface area contributed by atoms with Crippen LogP contribution < -0.4 is 5.32 Å². The Balaban J connectivity index is 1.83. The molecule has 0 spiro atoms. The second-order valence-electron chi connectivity index (χ2n) is 5.41. The van der Waals surface area contributed by atoms with E-state index in [1.807, 2.05) is 6.26 Å². The molecule has 2 rings (SSSR count). The average molecular weight is 304 g/mol. The molecular formula is C13H24N2O4S. The van der Waals surface area contributed by atoms with Crippen LogP contribution in [0.1, 0.15) is 19.3 Å². The van der Waals surface area contributed by atoms with Crippen molar-refractivity contribution in [3.8, 4) is 0 Å². The van der Waals surface area contributed by atoms with Crippen LogP contribution in [0.4, 0.5) is 0 Å². The summed E-state index contributed by atoms with van der Waals surface area (Å²) >= 11 is 1.49. The highest BCUT2D eigenvalue weighted by Crippen LogP contribution is 2.32. The highest BCUT2D eigenvalue weighted by atomic mass is 32.2. The van der Waals surface area contributed by atoms with Crippen LogP contribution >= 0.6 is 11.8 Å². The third-order valence-electron chi connectivity index (χ3n) is 3.80. The zero-order valence-electron chi connectivity index (χ0n) is 11.7. The third-order valence-corrected chi connectivity index (χ3v) is 4.44. The molecule has 2 aliphatic rings. The van der Waals surface area contributed by atoms with Crippen molar-refractivity contribution in [1.29, 1.82) is 0 Å². The largest absolute Gasteiger partial charge is 0.394 e. The first-order valence-electron chi connectivity index (χ1n) is 7.09. The van der Waals surface area contributed by atoms with Crippen molar-refractivity contribution < 1.29 is 20.1 Å². The maximum atomic E-state index is 10.0. The summed E-state index contributed by atoms with van der Waals surface area (Å²) in [6.45, 7) is 0.737. The molecule has 116 valence electrons. The molecule has 7 heteroatoms. The van der Waals surface area contributed by atoms with Gasteiger partial charge in [-0.1, -0.05) is 24.6 Å². The van der Waals surface area contributed by atoms with Gasteiger partial charge in [0.2, 0.25) is 0 Å². The molecular weight excluding hydrogens is 280 g/mol. The lowest BCUT2D eigenvalue weighted by atomic mass is 9.99. The lowest BCUT2D eigenvalue weighted by Crippen LogP contribution is -2.59. The topological polar surface area (TPSA) is 94.3 Å². The molecule has 1 heterocycles. The average Bonchev–Trinajstić information content (AvgIpc) is 3.27. The van der Waals surface area contributed by atoms with Crippen LogP contribution in [0.25, 0.3) is 0 Å². The Morgan fingerprint density at radius 2 is 2.10 bits per heavy atom. The first kappa shape index (κ1) is 16.0. The van der Waals surface area contributed by atoms with Gasteiger partial charge in [-0.15, -0.1) is 0 Å². The van der Waals surface area contributed by atoms with E-state index in [0.717, 1.165) is 24.1 Å². The predicted molar refractivity (Wildman–Crippen MR) is 78.9 cm³/mol. The number of hydrogen-bond donors (Lipinski definition) is 4. The molecule has 1 saturated heterocycles. The van der Waals surface area contributed by atoms with E-state index in [4.69, 9.17) is 9.84 Å². The molecule has 1 saturated carbocycles. The zero-order valence-corrected chi connectivity index (χ0v) is 12.6. The first-order valence-corrected chi connectivity index (χ1v) is 8.31. The molecule has 0 bridgehead atoms. The van der Waals surface area contributed by atoms with Crippen molar-refractivity contribution in [2.45, 2.75) is 43.6 Å². The summed E-state index contributed by atoms with van der Waals surface area (Å²) in [5.74, 6) is 0.845. The number of rotatable bonds is 5. The first-order chi connectivity index (χ1) is 9.65. The lowest BCUT2D eigenvalue weighted by molar-refractivity contribution is -0.158. The van der Waals surface area contributed by atoms with E-state index < -0.39 is 24.4 Å². The van der Waals surface area contributed by atoms with E-state index in [1.54, 1.807) is 0 Å².